The number of anilines is 1. The normalized spacial score (nSPS) is 10.5. The van der Waals surface area contributed by atoms with Gasteiger partial charge in [-0.25, -0.2) is 9.59 Å². The van der Waals surface area contributed by atoms with Crippen molar-refractivity contribution in [1.29, 1.82) is 0 Å². The standard InChI is InChI=1S/C21H21NO5/c1-14-4-5-15(2)18(12-14)22-19(23)13-27-20(24)11-8-16-6-9-17(10-7-16)21(25)26-3/h4-12H,13H2,1-3H3,(H,22,23)/b11-8+. The van der Waals surface area contributed by atoms with Crippen LogP contribution < -0.4 is 5.32 Å². The Kier molecular flexibility index (Phi) is 6.88. The zero-order valence-electron chi connectivity index (χ0n) is 15.4. The van der Waals surface area contributed by atoms with Gasteiger partial charge < -0.3 is 14.8 Å². The van der Waals surface area contributed by atoms with Crippen LogP contribution in [-0.2, 0) is 19.1 Å². The average Bonchev–Trinajstić information content (AvgIpc) is 2.67. The quantitative estimate of drug-likeness (QED) is 0.626. The molecule has 1 N–H and O–H groups in total. The van der Waals surface area contributed by atoms with Crippen molar-refractivity contribution in [1.82, 2.24) is 0 Å². The Balaban J connectivity index is 1.84. The summed E-state index contributed by atoms with van der Waals surface area (Å²) in [6.45, 7) is 3.44. The first-order valence-electron chi connectivity index (χ1n) is 8.29. The van der Waals surface area contributed by atoms with Gasteiger partial charge in [-0.05, 0) is 54.8 Å². The van der Waals surface area contributed by atoms with Crippen LogP contribution in [0.5, 0.6) is 0 Å². The Labute approximate surface area is 157 Å². The summed E-state index contributed by atoms with van der Waals surface area (Å²) in [5.74, 6) is -1.48. The highest BCUT2D eigenvalue weighted by Crippen LogP contribution is 2.16. The lowest BCUT2D eigenvalue weighted by molar-refractivity contribution is -0.142. The van der Waals surface area contributed by atoms with Gasteiger partial charge in [-0.15, -0.1) is 0 Å². The maximum atomic E-state index is 11.9. The Hall–Kier alpha value is -3.41. The lowest BCUT2D eigenvalue weighted by atomic mass is 10.1. The molecule has 0 radical (unpaired) electrons. The third-order valence-corrected chi connectivity index (χ3v) is 3.76. The van der Waals surface area contributed by atoms with Crippen LogP contribution in [0.2, 0.25) is 0 Å². The van der Waals surface area contributed by atoms with E-state index in [4.69, 9.17) is 4.74 Å². The Bertz CT molecular complexity index is 869. The van der Waals surface area contributed by atoms with Crippen LogP contribution in [0.25, 0.3) is 6.08 Å². The first-order valence-corrected chi connectivity index (χ1v) is 8.29. The predicted molar refractivity (Wildman–Crippen MR) is 102 cm³/mol. The molecule has 0 atom stereocenters. The van der Waals surface area contributed by atoms with E-state index in [0.717, 1.165) is 11.1 Å². The number of nitrogens with one attached hydrogen (secondary N) is 1. The SMILES string of the molecule is COC(=O)c1ccc(/C=C/C(=O)OCC(=O)Nc2cc(C)ccc2C)cc1. The van der Waals surface area contributed by atoms with Crippen LogP contribution in [0.4, 0.5) is 5.69 Å². The summed E-state index contributed by atoms with van der Waals surface area (Å²) in [7, 11) is 1.31. The molecule has 6 nitrogen and oxygen atoms in total. The van der Waals surface area contributed by atoms with E-state index in [0.29, 0.717) is 16.8 Å². The van der Waals surface area contributed by atoms with Crippen LogP contribution >= 0.6 is 0 Å². The number of ether oxygens (including phenoxy) is 2. The number of aryl methyl sites for hydroxylation is 2. The Morgan fingerprint density at radius 1 is 1.04 bits per heavy atom. The number of methoxy groups -OCH3 is 1. The minimum atomic E-state index is -0.636. The molecule has 0 aliphatic carbocycles. The lowest BCUT2D eigenvalue weighted by Crippen LogP contribution is -2.20. The van der Waals surface area contributed by atoms with Gasteiger partial charge in [0.05, 0.1) is 12.7 Å². The van der Waals surface area contributed by atoms with Gasteiger partial charge in [0.1, 0.15) is 0 Å². The number of hydrogen-bond acceptors (Lipinski definition) is 5. The van der Waals surface area contributed by atoms with E-state index in [-0.39, 0.29) is 6.61 Å². The van der Waals surface area contributed by atoms with E-state index < -0.39 is 17.8 Å². The van der Waals surface area contributed by atoms with Crippen LogP contribution in [0.1, 0.15) is 27.0 Å². The Morgan fingerprint density at radius 2 is 1.74 bits per heavy atom. The molecule has 0 fully saturated rings. The van der Waals surface area contributed by atoms with Gasteiger partial charge in [0, 0.05) is 11.8 Å². The van der Waals surface area contributed by atoms with Gasteiger partial charge in [0.15, 0.2) is 6.61 Å². The van der Waals surface area contributed by atoms with E-state index in [9.17, 15) is 14.4 Å². The van der Waals surface area contributed by atoms with Crippen LogP contribution in [0, 0.1) is 13.8 Å². The zero-order chi connectivity index (χ0) is 19.8. The molecule has 0 bridgehead atoms. The molecular weight excluding hydrogens is 346 g/mol. The van der Waals surface area contributed by atoms with Crippen LogP contribution in [0.15, 0.2) is 48.5 Å². The largest absolute Gasteiger partial charge is 0.465 e. The highest BCUT2D eigenvalue weighted by Gasteiger charge is 2.08. The number of amides is 1. The van der Waals surface area contributed by atoms with Crippen molar-refractivity contribution < 1.29 is 23.9 Å². The van der Waals surface area contributed by atoms with Crippen molar-refractivity contribution in [3.8, 4) is 0 Å². The molecule has 0 unspecified atom stereocenters. The Morgan fingerprint density at radius 3 is 2.41 bits per heavy atom. The number of carbonyl (C=O) groups is 3. The van der Waals surface area contributed by atoms with E-state index in [2.05, 4.69) is 10.1 Å². The van der Waals surface area contributed by atoms with Gasteiger partial charge in [0.2, 0.25) is 0 Å². The third kappa shape index (κ3) is 6.11. The molecule has 0 aliphatic rings. The van der Waals surface area contributed by atoms with Crippen molar-refractivity contribution in [3.63, 3.8) is 0 Å². The molecule has 0 spiro atoms. The first-order chi connectivity index (χ1) is 12.9. The highest BCUT2D eigenvalue weighted by molar-refractivity contribution is 5.95. The van der Waals surface area contributed by atoms with E-state index >= 15 is 0 Å². The third-order valence-electron chi connectivity index (χ3n) is 3.76. The summed E-state index contributed by atoms with van der Waals surface area (Å²) in [4.78, 5) is 35.0. The molecule has 140 valence electrons. The van der Waals surface area contributed by atoms with Gasteiger partial charge in [-0.1, -0.05) is 24.3 Å². The molecule has 2 rings (SSSR count). The molecule has 1 amide bonds. The summed E-state index contributed by atoms with van der Waals surface area (Å²) in [6.07, 6.45) is 2.75. The molecule has 0 saturated heterocycles. The van der Waals surface area contributed by atoms with Crippen LogP contribution in [-0.4, -0.2) is 31.6 Å². The van der Waals surface area contributed by atoms with Crippen molar-refractivity contribution in [2.75, 3.05) is 19.0 Å². The molecule has 6 heteroatoms. The summed E-state index contributed by atoms with van der Waals surface area (Å²) in [6, 6.07) is 12.2. The van der Waals surface area contributed by atoms with Gasteiger partial charge in [-0.2, -0.15) is 0 Å². The average molecular weight is 367 g/mol. The number of benzene rings is 2. The van der Waals surface area contributed by atoms with Gasteiger partial charge in [-0.3, -0.25) is 4.79 Å². The summed E-state index contributed by atoms with van der Waals surface area (Å²) in [5.41, 5.74) is 3.77. The monoisotopic (exact) mass is 367 g/mol. The van der Waals surface area contributed by atoms with Gasteiger partial charge in [0.25, 0.3) is 5.91 Å². The van der Waals surface area contributed by atoms with E-state index in [1.165, 1.54) is 19.3 Å². The minimum absolute atomic E-state index is 0.377. The van der Waals surface area contributed by atoms with Gasteiger partial charge >= 0.3 is 11.9 Å². The van der Waals surface area contributed by atoms with Crippen molar-refractivity contribution >= 4 is 29.6 Å². The molecule has 2 aromatic carbocycles. The molecule has 0 aliphatic heterocycles. The maximum absolute atomic E-state index is 11.9. The van der Waals surface area contributed by atoms with Crippen LogP contribution in [0.3, 0.4) is 0 Å². The summed E-state index contributed by atoms with van der Waals surface area (Å²) in [5, 5.41) is 2.72. The smallest absolute Gasteiger partial charge is 0.337 e. The molecule has 0 saturated carbocycles. The predicted octanol–water partition coefficient (Wildman–Crippen LogP) is 3.29. The summed E-state index contributed by atoms with van der Waals surface area (Å²) < 4.78 is 9.55. The molecule has 0 heterocycles. The second-order valence-corrected chi connectivity index (χ2v) is 5.92. The number of rotatable bonds is 6. The second kappa shape index (κ2) is 9.33. The second-order valence-electron chi connectivity index (χ2n) is 5.92. The number of hydrogen-bond donors (Lipinski definition) is 1. The van der Waals surface area contributed by atoms with E-state index in [1.54, 1.807) is 24.3 Å². The molecule has 0 aromatic heterocycles. The topological polar surface area (TPSA) is 81.7 Å². The zero-order valence-corrected chi connectivity index (χ0v) is 15.4. The fourth-order valence-electron chi connectivity index (χ4n) is 2.25. The molecular formula is C21H21NO5. The number of carbonyl (C=O) groups excluding carboxylic acids is 3. The van der Waals surface area contributed by atoms with Crippen molar-refractivity contribution in [2.45, 2.75) is 13.8 Å². The first kappa shape index (κ1) is 19.9. The highest BCUT2D eigenvalue weighted by atomic mass is 16.5. The van der Waals surface area contributed by atoms with Crippen molar-refractivity contribution in [3.05, 3.63) is 70.8 Å². The van der Waals surface area contributed by atoms with E-state index in [1.807, 2.05) is 32.0 Å². The number of esters is 2. The lowest BCUT2D eigenvalue weighted by Gasteiger charge is -2.09. The minimum Gasteiger partial charge on any atom is -0.465 e. The fourth-order valence-corrected chi connectivity index (χ4v) is 2.25. The maximum Gasteiger partial charge on any atom is 0.337 e. The molecule has 27 heavy (non-hydrogen) atoms. The van der Waals surface area contributed by atoms with Crippen molar-refractivity contribution in [2.24, 2.45) is 0 Å². The fraction of sp³-hybridized carbons (Fsp3) is 0.190. The molecule has 2 aromatic rings. The summed E-state index contributed by atoms with van der Waals surface area (Å²) >= 11 is 0.